The maximum Gasteiger partial charge on any atom is 1.00 e. The summed E-state index contributed by atoms with van der Waals surface area (Å²) < 4.78 is 31.6. The minimum atomic E-state index is -4.12. The molecule has 0 aromatic rings. The zero-order chi connectivity index (χ0) is 6.91. The molecule has 0 aromatic carbocycles. The van der Waals surface area contributed by atoms with Gasteiger partial charge in [-0.3, -0.25) is 0 Å². The molecule has 1 rings (SSSR count). The summed E-state index contributed by atoms with van der Waals surface area (Å²) in [6.45, 7) is 0.817. The predicted octanol–water partition coefficient (Wildman–Crippen LogP) is -3.45. The van der Waals surface area contributed by atoms with Crippen LogP contribution in [0.2, 0.25) is 0 Å². The van der Waals surface area contributed by atoms with Gasteiger partial charge >= 0.3 is 29.6 Å². The van der Waals surface area contributed by atoms with Crippen molar-refractivity contribution in [3.8, 4) is 0 Å². The van der Waals surface area contributed by atoms with Gasteiger partial charge in [-0.1, -0.05) is 0 Å². The van der Waals surface area contributed by atoms with E-state index in [1.54, 1.807) is 0 Å². The van der Waals surface area contributed by atoms with E-state index in [0.717, 1.165) is 17.1 Å². The molecule has 0 unspecified atom stereocenters. The van der Waals surface area contributed by atoms with Crippen molar-refractivity contribution in [2.24, 2.45) is 0 Å². The van der Waals surface area contributed by atoms with Crippen LogP contribution < -0.4 is 29.6 Å². The normalized spacial score (nSPS) is 20.5. The summed E-state index contributed by atoms with van der Waals surface area (Å²) in [5.74, 6) is 0. The fourth-order valence-electron chi connectivity index (χ4n) is 0.912. The molecule has 0 N–H and O–H groups in total. The molecular weight excluding hydrogens is 165 g/mol. The molecule has 4 nitrogen and oxygen atoms in total. The predicted molar refractivity (Wildman–Crippen MR) is 30.5 cm³/mol. The maximum atomic E-state index is 10.2. The zero-order valence-electron chi connectivity index (χ0n) is 5.91. The molecular formula is C4H8NNaO3S. The van der Waals surface area contributed by atoms with E-state index in [4.69, 9.17) is 0 Å². The summed E-state index contributed by atoms with van der Waals surface area (Å²) in [5.41, 5.74) is 0. The van der Waals surface area contributed by atoms with E-state index < -0.39 is 10.3 Å². The summed E-state index contributed by atoms with van der Waals surface area (Å²) in [6, 6.07) is 0. The van der Waals surface area contributed by atoms with E-state index >= 15 is 0 Å². The molecule has 1 fully saturated rings. The van der Waals surface area contributed by atoms with Crippen LogP contribution in [0.15, 0.2) is 0 Å². The van der Waals surface area contributed by atoms with Crippen molar-refractivity contribution < 1.29 is 42.5 Å². The summed E-state index contributed by atoms with van der Waals surface area (Å²) in [7, 11) is -4.12. The van der Waals surface area contributed by atoms with E-state index in [-0.39, 0.29) is 29.6 Å². The summed E-state index contributed by atoms with van der Waals surface area (Å²) >= 11 is 0. The first-order chi connectivity index (χ1) is 4.11. The van der Waals surface area contributed by atoms with Gasteiger partial charge in [-0.25, -0.2) is 12.7 Å². The van der Waals surface area contributed by atoms with Crippen LogP contribution in [0.1, 0.15) is 12.8 Å². The topological polar surface area (TPSA) is 60.4 Å². The molecule has 0 amide bonds. The van der Waals surface area contributed by atoms with Gasteiger partial charge in [0.2, 0.25) is 0 Å². The molecule has 0 saturated carbocycles. The summed E-state index contributed by atoms with van der Waals surface area (Å²) in [6.07, 6.45) is 1.64. The van der Waals surface area contributed by atoms with Crippen LogP contribution in [0.4, 0.5) is 0 Å². The van der Waals surface area contributed by atoms with Crippen molar-refractivity contribution in [1.29, 1.82) is 0 Å². The minimum Gasteiger partial charge on any atom is -0.735 e. The van der Waals surface area contributed by atoms with Crippen LogP contribution in [0.5, 0.6) is 0 Å². The van der Waals surface area contributed by atoms with Crippen LogP contribution >= 0.6 is 0 Å². The van der Waals surface area contributed by atoms with Crippen LogP contribution in [0.25, 0.3) is 0 Å². The Morgan fingerprint density at radius 3 is 1.80 bits per heavy atom. The molecule has 0 bridgehead atoms. The van der Waals surface area contributed by atoms with E-state index in [0.29, 0.717) is 13.1 Å². The Kier molecular flexibility index (Phi) is 4.39. The second kappa shape index (κ2) is 4.04. The van der Waals surface area contributed by atoms with Gasteiger partial charge in [0.15, 0.2) is 10.3 Å². The van der Waals surface area contributed by atoms with Gasteiger partial charge in [0.25, 0.3) is 0 Å². The largest absolute Gasteiger partial charge is 1.00 e. The van der Waals surface area contributed by atoms with E-state index in [9.17, 15) is 13.0 Å². The van der Waals surface area contributed by atoms with E-state index in [1.165, 1.54) is 0 Å². The van der Waals surface area contributed by atoms with Crippen LogP contribution in [0.3, 0.4) is 0 Å². The molecule has 1 aliphatic rings. The van der Waals surface area contributed by atoms with Gasteiger partial charge < -0.3 is 4.55 Å². The van der Waals surface area contributed by atoms with Gasteiger partial charge in [0, 0.05) is 13.1 Å². The van der Waals surface area contributed by atoms with Crippen LogP contribution in [-0.4, -0.2) is 30.4 Å². The number of hydrogen-bond acceptors (Lipinski definition) is 3. The van der Waals surface area contributed by atoms with Gasteiger partial charge in [0.05, 0.1) is 0 Å². The Morgan fingerprint density at radius 2 is 1.60 bits per heavy atom. The third-order valence-corrected chi connectivity index (χ3v) is 2.38. The molecule has 0 aliphatic carbocycles. The molecule has 0 atom stereocenters. The fraction of sp³-hybridized carbons (Fsp3) is 1.00. The van der Waals surface area contributed by atoms with E-state index in [1.807, 2.05) is 0 Å². The van der Waals surface area contributed by atoms with Gasteiger partial charge in [-0.05, 0) is 12.8 Å². The van der Waals surface area contributed by atoms with Crippen molar-refractivity contribution >= 4 is 10.3 Å². The Labute approximate surface area is 82.8 Å². The smallest absolute Gasteiger partial charge is 0.735 e. The van der Waals surface area contributed by atoms with Crippen molar-refractivity contribution in [1.82, 2.24) is 4.31 Å². The fourth-order valence-corrected chi connectivity index (χ4v) is 1.62. The van der Waals surface area contributed by atoms with Crippen molar-refractivity contribution in [3.63, 3.8) is 0 Å². The van der Waals surface area contributed by atoms with Gasteiger partial charge in [-0.15, -0.1) is 0 Å². The molecule has 0 radical (unpaired) electrons. The number of rotatable bonds is 1. The Hall–Kier alpha value is 0.870. The van der Waals surface area contributed by atoms with Gasteiger partial charge in [0.1, 0.15) is 0 Å². The first-order valence-electron chi connectivity index (χ1n) is 2.82. The maximum absolute atomic E-state index is 10.2. The molecule has 1 heterocycles. The number of hydrogen-bond donors (Lipinski definition) is 0. The first-order valence-corrected chi connectivity index (χ1v) is 4.18. The van der Waals surface area contributed by atoms with Crippen LogP contribution in [-0.2, 0) is 10.3 Å². The van der Waals surface area contributed by atoms with Crippen molar-refractivity contribution in [2.75, 3.05) is 13.1 Å². The summed E-state index contributed by atoms with van der Waals surface area (Å²) in [4.78, 5) is 0. The molecule has 6 heteroatoms. The Balaban J connectivity index is 0.000000810. The quantitative estimate of drug-likeness (QED) is 0.306. The second-order valence-corrected chi connectivity index (χ2v) is 3.44. The SMILES string of the molecule is O=S(=O)([O-])N1CCCC1.[Na+]. The van der Waals surface area contributed by atoms with E-state index in [2.05, 4.69) is 0 Å². The molecule has 0 spiro atoms. The van der Waals surface area contributed by atoms with Crippen LogP contribution in [0, 0.1) is 0 Å². The first kappa shape index (κ1) is 10.9. The molecule has 1 aliphatic heterocycles. The molecule has 0 aromatic heterocycles. The van der Waals surface area contributed by atoms with Gasteiger partial charge in [-0.2, -0.15) is 0 Å². The number of nitrogens with zero attached hydrogens (tertiary/aromatic N) is 1. The average Bonchev–Trinajstić information content (AvgIpc) is 2.08. The molecule has 1 saturated heterocycles. The Bertz CT molecular complexity index is 185. The molecule has 54 valence electrons. The third kappa shape index (κ3) is 2.86. The second-order valence-electron chi connectivity index (χ2n) is 2.06. The summed E-state index contributed by atoms with van der Waals surface area (Å²) in [5, 5.41) is 0. The average molecular weight is 173 g/mol. The zero-order valence-corrected chi connectivity index (χ0v) is 8.73. The standard InChI is InChI=1S/C4H9NO3S.Na/c6-9(7,8)5-3-1-2-4-5;/h1-4H2,(H,6,7,8);/q;+1/p-1. The monoisotopic (exact) mass is 173 g/mol. The Morgan fingerprint density at radius 1 is 1.20 bits per heavy atom. The third-order valence-electron chi connectivity index (χ3n) is 1.38. The molecule has 10 heavy (non-hydrogen) atoms. The van der Waals surface area contributed by atoms with Crippen molar-refractivity contribution in [3.05, 3.63) is 0 Å². The minimum absolute atomic E-state index is 0. The van der Waals surface area contributed by atoms with Crippen molar-refractivity contribution in [2.45, 2.75) is 12.8 Å².